The molecule has 2 nitrogen and oxygen atoms in total. The number of nitrogens with zero attached hydrogens (tertiary/aromatic N) is 1. The van der Waals surface area contributed by atoms with Crippen LogP contribution in [0, 0.1) is 0 Å². The minimum atomic E-state index is -4.82. The second-order valence-corrected chi connectivity index (χ2v) is 5.54. The van der Waals surface area contributed by atoms with E-state index in [0.717, 1.165) is 9.35 Å². The van der Waals surface area contributed by atoms with Gasteiger partial charge in [-0.3, -0.25) is 4.79 Å². The fourth-order valence-electron chi connectivity index (χ4n) is 1.45. The third kappa shape index (κ3) is 3.02. The maximum atomic E-state index is 12.2. The Bertz CT molecular complexity index is 573. The fraction of sp³-hybridized carbons (Fsp3) is 0.182. The molecule has 0 saturated heterocycles. The van der Waals surface area contributed by atoms with Crippen LogP contribution in [0.2, 0.25) is 0 Å². The zero-order valence-corrected chi connectivity index (χ0v) is 11.3. The maximum absolute atomic E-state index is 12.2. The van der Waals surface area contributed by atoms with Crippen molar-refractivity contribution in [3.05, 3.63) is 44.8 Å². The molecule has 96 valence electrons. The van der Waals surface area contributed by atoms with Crippen LogP contribution in [-0.2, 0) is 6.54 Å². The summed E-state index contributed by atoms with van der Waals surface area (Å²) in [6.45, 7) is 0.446. The normalized spacial score (nSPS) is 11.8. The molecule has 2 heterocycles. The summed E-state index contributed by atoms with van der Waals surface area (Å²) < 4.78 is 39.1. The predicted octanol–water partition coefficient (Wildman–Crippen LogP) is 4.11. The fourth-order valence-corrected chi connectivity index (χ4v) is 2.91. The zero-order valence-electron chi connectivity index (χ0n) is 8.87. The van der Waals surface area contributed by atoms with Crippen molar-refractivity contribution in [3.63, 3.8) is 0 Å². The van der Waals surface area contributed by atoms with Crippen LogP contribution < -0.4 is 0 Å². The third-order valence-corrected chi connectivity index (χ3v) is 3.91. The van der Waals surface area contributed by atoms with E-state index in [1.165, 1.54) is 29.8 Å². The monoisotopic (exact) mass is 337 g/mol. The van der Waals surface area contributed by atoms with Gasteiger partial charge < -0.3 is 4.57 Å². The van der Waals surface area contributed by atoms with Gasteiger partial charge in [-0.05, 0) is 28.1 Å². The predicted molar refractivity (Wildman–Crippen MR) is 65.9 cm³/mol. The summed E-state index contributed by atoms with van der Waals surface area (Å²) in [5.41, 5.74) is -0.335. The molecule has 2 aromatic heterocycles. The summed E-state index contributed by atoms with van der Waals surface area (Å²) in [7, 11) is 0. The Morgan fingerprint density at radius 1 is 1.44 bits per heavy atom. The van der Waals surface area contributed by atoms with Crippen molar-refractivity contribution in [1.82, 2.24) is 4.57 Å². The molecule has 18 heavy (non-hydrogen) atoms. The quantitative estimate of drug-likeness (QED) is 0.772. The molecule has 0 amide bonds. The van der Waals surface area contributed by atoms with E-state index in [1.54, 1.807) is 4.57 Å². The van der Waals surface area contributed by atoms with E-state index in [1.807, 2.05) is 11.4 Å². The number of alkyl halides is 3. The molecular weight excluding hydrogens is 331 g/mol. The van der Waals surface area contributed by atoms with Gasteiger partial charge in [0.05, 0.1) is 6.54 Å². The lowest BCUT2D eigenvalue weighted by Crippen LogP contribution is -2.22. The average Bonchev–Trinajstić information content (AvgIpc) is 2.86. The van der Waals surface area contributed by atoms with Gasteiger partial charge in [0, 0.05) is 32.7 Å². The molecule has 0 aromatic carbocycles. The Morgan fingerprint density at radius 2 is 2.17 bits per heavy atom. The van der Waals surface area contributed by atoms with E-state index in [-0.39, 0.29) is 5.56 Å². The molecule has 0 atom stereocenters. The molecule has 0 unspecified atom stereocenters. The molecule has 0 spiro atoms. The first-order valence-electron chi connectivity index (χ1n) is 4.86. The summed E-state index contributed by atoms with van der Waals surface area (Å²) in [6, 6.07) is 3.06. The van der Waals surface area contributed by atoms with E-state index < -0.39 is 12.0 Å². The summed E-state index contributed by atoms with van der Waals surface area (Å²) in [6.07, 6.45) is -2.14. The standard InChI is InChI=1S/C11H7BrF3NOS/c12-8-3-9(18-6-8)5-16-2-1-7(4-16)10(17)11(13,14)15/h1-4,6H,5H2. The molecular formula is C11H7BrF3NOS. The molecule has 2 rings (SSSR count). The molecule has 0 aliphatic carbocycles. The highest BCUT2D eigenvalue weighted by Gasteiger charge is 2.39. The van der Waals surface area contributed by atoms with Crippen molar-refractivity contribution in [2.45, 2.75) is 12.7 Å². The van der Waals surface area contributed by atoms with Gasteiger partial charge in [-0.25, -0.2) is 0 Å². The first-order valence-corrected chi connectivity index (χ1v) is 6.54. The minimum Gasteiger partial charge on any atom is -0.348 e. The Hall–Kier alpha value is -1.08. The van der Waals surface area contributed by atoms with E-state index in [9.17, 15) is 18.0 Å². The molecule has 0 N–H and O–H groups in total. The average molecular weight is 338 g/mol. The van der Waals surface area contributed by atoms with Crippen molar-refractivity contribution >= 4 is 33.0 Å². The van der Waals surface area contributed by atoms with Crippen LogP contribution in [0.4, 0.5) is 13.2 Å². The number of thiophene rings is 1. The highest BCUT2D eigenvalue weighted by Crippen LogP contribution is 2.23. The molecule has 0 radical (unpaired) electrons. The van der Waals surface area contributed by atoms with E-state index in [4.69, 9.17) is 0 Å². The molecule has 0 saturated carbocycles. The number of carbonyl (C=O) groups is 1. The van der Waals surface area contributed by atoms with Gasteiger partial charge in [0.15, 0.2) is 0 Å². The van der Waals surface area contributed by atoms with Gasteiger partial charge in [0.2, 0.25) is 0 Å². The first kappa shape index (κ1) is 13.4. The van der Waals surface area contributed by atoms with Crippen molar-refractivity contribution < 1.29 is 18.0 Å². The van der Waals surface area contributed by atoms with Crippen molar-refractivity contribution in [2.24, 2.45) is 0 Å². The van der Waals surface area contributed by atoms with Crippen molar-refractivity contribution in [1.29, 1.82) is 0 Å². The lowest BCUT2D eigenvalue weighted by atomic mass is 10.2. The highest BCUT2D eigenvalue weighted by molar-refractivity contribution is 9.10. The molecule has 0 aliphatic heterocycles. The largest absolute Gasteiger partial charge is 0.454 e. The van der Waals surface area contributed by atoms with E-state index in [2.05, 4.69) is 15.9 Å². The molecule has 0 fully saturated rings. The van der Waals surface area contributed by atoms with Crippen molar-refractivity contribution in [3.8, 4) is 0 Å². The highest BCUT2D eigenvalue weighted by atomic mass is 79.9. The summed E-state index contributed by atoms with van der Waals surface area (Å²) in [5.74, 6) is -1.81. The Labute approximate surface area is 113 Å². The zero-order chi connectivity index (χ0) is 13.3. The lowest BCUT2D eigenvalue weighted by molar-refractivity contribution is -0.0885. The number of rotatable bonds is 3. The number of Topliss-reactive ketones (excluding diaryl/α,β-unsaturated/α-hetero) is 1. The summed E-state index contributed by atoms with van der Waals surface area (Å²) >= 11 is 4.79. The third-order valence-electron chi connectivity index (χ3n) is 2.23. The van der Waals surface area contributed by atoms with E-state index >= 15 is 0 Å². The van der Waals surface area contributed by atoms with Crippen LogP contribution in [0.25, 0.3) is 0 Å². The van der Waals surface area contributed by atoms with Crippen LogP contribution in [0.5, 0.6) is 0 Å². The lowest BCUT2D eigenvalue weighted by Gasteiger charge is -2.02. The maximum Gasteiger partial charge on any atom is 0.454 e. The number of aromatic nitrogens is 1. The topological polar surface area (TPSA) is 22.0 Å². The van der Waals surface area contributed by atoms with Crippen LogP contribution in [-0.4, -0.2) is 16.5 Å². The van der Waals surface area contributed by atoms with E-state index in [0.29, 0.717) is 6.54 Å². The Balaban J connectivity index is 2.14. The Kier molecular flexibility index (Phi) is 3.63. The number of ketones is 1. The molecule has 0 bridgehead atoms. The Morgan fingerprint density at radius 3 is 2.72 bits per heavy atom. The molecule has 7 heteroatoms. The van der Waals surface area contributed by atoms with Gasteiger partial charge >= 0.3 is 6.18 Å². The van der Waals surface area contributed by atoms with Gasteiger partial charge in [0.25, 0.3) is 5.78 Å². The van der Waals surface area contributed by atoms with Gasteiger partial charge in [-0.2, -0.15) is 13.2 Å². The SMILES string of the molecule is O=C(c1ccn(Cc2cc(Br)cs2)c1)C(F)(F)F. The summed E-state index contributed by atoms with van der Waals surface area (Å²) in [5, 5.41) is 1.89. The van der Waals surface area contributed by atoms with Gasteiger partial charge in [-0.15, -0.1) is 11.3 Å². The number of carbonyl (C=O) groups excluding carboxylic acids is 1. The number of halogens is 4. The van der Waals surface area contributed by atoms with Crippen molar-refractivity contribution in [2.75, 3.05) is 0 Å². The number of hydrogen-bond acceptors (Lipinski definition) is 2. The van der Waals surface area contributed by atoms with Crippen LogP contribution in [0.1, 0.15) is 15.2 Å². The van der Waals surface area contributed by atoms with Crippen LogP contribution in [0.15, 0.2) is 34.4 Å². The second kappa shape index (κ2) is 4.89. The molecule has 2 aromatic rings. The minimum absolute atomic E-state index is 0.335. The second-order valence-electron chi connectivity index (χ2n) is 3.63. The summed E-state index contributed by atoms with van der Waals surface area (Å²) in [4.78, 5) is 12.0. The van der Waals surface area contributed by atoms with Gasteiger partial charge in [0.1, 0.15) is 0 Å². The van der Waals surface area contributed by atoms with Gasteiger partial charge in [-0.1, -0.05) is 0 Å². The number of hydrogen-bond donors (Lipinski definition) is 0. The van der Waals surface area contributed by atoms with Crippen LogP contribution >= 0.6 is 27.3 Å². The smallest absolute Gasteiger partial charge is 0.348 e. The van der Waals surface area contributed by atoms with Crippen LogP contribution in [0.3, 0.4) is 0 Å². The first-order chi connectivity index (χ1) is 8.36. The molecule has 0 aliphatic rings.